The molecule has 0 aromatic carbocycles. The Morgan fingerprint density at radius 3 is 2.14 bits per heavy atom. The minimum atomic E-state index is -0.143. The predicted molar refractivity (Wildman–Crippen MR) is 108 cm³/mol. The third-order valence-electron chi connectivity index (χ3n) is 3.33. The van der Waals surface area contributed by atoms with E-state index in [4.69, 9.17) is 0 Å². The zero-order valence-corrected chi connectivity index (χ0v) is 16.1. The smallest absolute Gasteiger partial charge is 0.235 e. The number of pyridine rings is 3. The molecule has 0 saturated carbocycles. The molecule has 1 amide bonds. The lowest BCUT2D eigenvalue weighted by molar-refractivity contribution is -0.118. The lowest BCUT2D eigenvalue weighted by Gasteiger charge is -2.03. The van der Waals surface area contributed by atoms with Crippen LogP contribution in [0.1, 0.15) is 18.4 Å². The summed E-state index contributed by atoms with van der Waals surface area (Å²) in [6, 6.07) is 17.1. The summed E-state index contributed by atoms with van der Waals surface area (Å²) in [5.41, 5.74) is 7.02. The van der Waals surface area contributed by atoms with Gasteiger partial charge in [0.1, 0.15) is 11.6 Å². The van der Waals surface area contributed by atoms with Crippen LogP contribution in [0.2, 0.25) is 0 Å². The van der Waals surface area contributed by atoms with Crippen LogP contribution in [-0.4, -0.2) is 30.5 Å². The normalized spacial score (nSPS) is 9.39. The van der Waals surface area contributed by atoms with Crippen LogP contribution in [0.4, 0.5) is 5.82 Å². The maximum atomic E-state index is 10.4. The fourth-order valence-corrected chi connectivity index (χ4v) is 2.00. The Morgan fingerprint density at radius 2 is 1.61 bits per heavy atom. The highest BCUT2D eigenvalue weighted by atomic mass is 16.2. The quantitative estimate of drug-likeness (QED) is 0.521. The van der Waals surface area contributed by atoms with E-state index in [0.29, 0.717) is 5.82 Å². The van der Waals surface area contributed by atoms with Crippen molar-refractivity contribution in [3.05, 3.63) is 84.7 Å². The minimum absolute atomic E-state index is 0.143. The Morgan fingerprint density at radius 1 is 0.893 bits per heavy atom. The Kier molecular flexibility index (Phi) is 8.07. The molecule has 0 aliphatic carbocycles. The molecule has 8 heteroatoms. The second kappa shape index (κ2) is 11.0. The summed E-state index contributed by atoms with van der Waals surface area (Å²) in [6.07, 6.45) is 5.38. The first-order chi connectivity index (χ1) is 13.6. The van der Waals surface area contributed by atoms with Gasteiger partial charge < -0.3 is 0 Å². The van der Waals surface area contributed by atoms with Gasteiger partial charge in [0.2, 0.25) is 5.91 Å². The number of aryl methyl sites for hydroxylation is 2. The molecule has 4 rings (SSSR count). The summed E-state index contributed by atoms with van der Waals surface area (Å²) >= 11 is 0. The van der Waals surface area contributed by atoms with E-state index in [1.54, 1.807) is 24.5 Å². The van der Waals surface area contributed by atoms with Crippen molar-refractivity contribution in [1.82, 2.24) is 30.0 Å². The topological polar surface area (TPSA) is 97.1 Å². The summed E-state index contributed by atoms with van der Waals surface area (Å²) in [6.45, 7) is 5.33. The molecule has 0 atom stereocenters. The van der Waals surface area contributed by atoms with Crippen molar-refractivity contribution in [2.24, 2.45) is 0 Å². The standard InChI is InChI=1S/C7H9N3O.C7H7N3.C6H7N/c1-6(11)9-10-7-4-2-3-5-8-7;1-6-8-9-7-4-2-3-5-10(6)7;1-6-4-2-3-5-7-6/h2-5H,1H3,(H,8,10)(H,9,11);2-5H,1H3;2-5H,1H3. The van der Waals surface area contributed by atoms with Gasteiger partial charge in [0.25, 0.3) is 0 Å². The molecule has 0 fully saturated rings. The third-order valence-corrected chi connectivity index (χ3v) is 3.33. The predicted octanol–water partition coefficient (Wildman–Crippen LogP) is 2.97. The van der Waals surface area contributed by atoms with Gasteiger partial charge in [-0.15, -0.1) is 10.2 Å². The Balaban J connectivity index is 0.000000154. The fraction of sp³-hybridized carbons (Fsp3) is 0.150. The lowest BCUT2D eigenvalue weighted by atomic mass is 10.4. The van der Waals surface area contributed by atoms with E-state index in [-0.39, 0.29) is 5.91 Å². The van der Waals surface area contributed by atoms with Crippen molar-refractivity contribution in [3.8, 4) is 0 Å². The summed E-state index contributed by atoms with van der Waals surface area (Å²) in [5.74, 6) is 1.41. The number of rotatable bonds is 2. The van der Waals surface area contributed by atoms with E-state index < -0.39 is 0 Å². The van der Waals surface area contributed by atoms with E-state index in [9.17, 15) is 4.79 Å². The number of fused-ring (bicyclic) bond motifs is 1. The van der Waals surface area contributed by atoms with Crippen molar-refractivity contribution in [3.63, 3.8) is 0 Å². The van der Waals surface area contributed by atoms with Crippen molar-refractivity contribution >= 4 is 17.4 Å². The van der Waals surface area contributed by atoms with Crippen LogP contribution in [0.25, 0.3) is 5.65 Å². The highest BCUT2D eigenvalue weighted by Gasteiger charge is 1.95. The van der Waals surface area contributed by atoms with Crippen LogP contribution in [-0.2, 0) is 4.79 Å². The molecular weight excluding hydrogens is 354 g/mol. The first kappa shape index (κ1) is 20.5. The number of carbonyl (C=O) groups is 1. The van der Waals surface area contributed by atoms with Gasteiger partial charge in [-0.3, -0.25) is 25.0 Å². The molecule has 4 aromatic heterocycles. The first-order valence-electron chi connectivity index (χ1n) is 8.64. The van der Waals surface area contributed by atoms with Crippen LogP contribution in [0.15, 0.2) is 73.2 Å². The van der Waals surface area contributed by atoms with Gasteiger partial charge in [-0.25, -0.2) is 4.98 Å². The van der Waals surface area contributed by atoms with Gasteiger partial charge in [0.05, 0.1) is 0 Å². The molecule has 0 bridgehead atoms. The molecule has 4 heterocycles. The number of hydrazine groups is 1. The highest BCUT2D eigenvalue weighted by molar-refractivity contribution is 5.74. The van der Waals surface area contributed by atoms with Crippen molar-refractivity contribution < 1.29 is 4.79 Å². The van der Waals surface area contributed by atoms with Crippen LogP contribution in [0.3, 0.4) is 0 Å². The third kappa shape index (κ3) is 7.20. The van der Waals surface area contributed by atoms with Crippen molar-refractivity contribution in [2.75, 3.05) is 5.43 Å². The average molecular weight is 377 g/mol. The number of nitrogens with one attached hydrogen (secondary N) is 2. The molecule has 0 saturated heterocycles. The summed E-state index contributed by atoms with van der Waals surface area (Å²) < 4.78 is 1.94. The number of carbonyl (C=O) groups excluding carboxylic acids is 1. The van der Waals surface area contributed by atoms with Gasteiger partial charge in [-0.1, -0.05) is 18.2 Å². The van der Waals surface area contributed by atoms with Crippen LogP contribution in [0, 0.1) is 13.8 Å². The van der Waals surface area contributed by atoms with E-state index in [1.807, 2.05) is 66.9 Å². The Bertz CT molecular complexity index is 971. The van der Waals surface area contributed by atoms with Crippen molar-refractivity contribution in [2.45, 2.75) is 20.8 Å². The SMILES string of the molecule is CC(=O)NNc1ccccn1.Cc1ccccn1.Cc1nnc2ccccn12. The van der Waals surface area contributed by atoms with Gasteiger partial charge in [-0.05, 0) is 50.2 Å². The largest absolute Gasteiger partial charge is 0.287 e. The number of hydrogen-bond donors (Lipinski definition) is 2. The number of anilines is 1. The van der Waals surface area contributed by atoms with E-state index in [0.717, 1.165) is 17.2 Å². The second-order valence-corrected chi connectivity index (χ2v) is 5.67. The average Bonchev–Trinajstić information content (AvgIpc) is 3.10. The first-order valence-corrected chi connectivity index (χ1v) is 8.64. The lowest BCUT2D eigenvalue weighted by Crippen LogP contribution is -2.26. The molecule has 144 valence electrons. The van der Waals surface area contributed by atoms with Gasteiger partial charge in [0, 0.05) is 31.2 Å². The molecular formula is C20H23N7O. The molecule has 0 aliphatic rings. The van der Waals surface area contributed by atoms with Crippen molar-refractivity contribution in [1.29, 1.82) is 0 Å². The second-order valence-electron chi connectivity index (χ2n) is 5.67. The van der Waals surface area contributed by atoms with E-state index in [1.165, 1.54) is 6.92 Å². The highest BCUT2D eigenvalue weighted by Crippen LogP contribution is 1.99. The Labute approximate surface area is 163 Å². The molecule has 4 aromatic rings. The van der Waals surface area contributed by atoms with E-state index in [2.05, 4.69) is 31.0 Å². The van der Waals surface area contributed by atoms with E-state index >= 15 is 0 Å². The molecule has 28 heavy (non-hydrogen) atoms. The van der Waals surface area contributed by atoms with Gasteiger partial charge in [0.15, 0.2) is 5.65 Å². The van der Waals surface area contributed by atoms with Crippen LogP contribution >= 0.6 is 0 Å². The number of aromatic nitrogens is 5. The fourth-order valence-electron chi connectivity index (χ4n) is 2.00. The summed E-state index contributed by atoms with van der Waals surface area (Å²) in [7, 11) is 0. The van der Waals surface area contributed by atoms with Gasteiger partial charge >= 0.3 is 0 Å². The maximum Gasteiger partial charge on any atom is 0.235 e. The molecule has 0 radical (unpaired) electrons. The molecule has 8 nitrogen and oxygen atoms in total. The molecule has 0 unspecified atom stereocenters. The monoisotopic (exact) mass is 377 g/mol. The zero-order valence-electron chi connectivity index (χ0n) is 16.1. The van der Waals surface area contributed by atoms with Crippen LogP contribution in [0.5, 0.6) is 0 Å². The number of nitrogens with zero attached hydrogens (tertiary/aromatic N) is 5. The molecule has 2 N–H and O–H groups in total. The number of hydrogen-bond acceptors (Lipinski definition) is 6. The Hall–Kier alpha value is -3.81. The summed E-state index contributed by atoms with van der Waals surface area (Å²) in [5, 5.41) is 7.84. The zero-order chi connectivity index (χ0) is 20.2. The van der Waals surface area contributed by atoms with Gasteiger partial charge in [-0.2, -0.15) is 0 Å². The summed E-state index contributed by atoms with van der Waals surface area (Å²) in [4.78, 5) is 18.3. The van der Waals surface area contributed by atoms with Crippen LogP contribution < -0.4 is 10.9 Å². The molecule has 0 spiro atoms. The maximum absolute atomic E-state index is 10.4. The minimum Gasteiger partial charge on any atom is -0.287 e. The number of amides is 1. The molecule has 0 aliphatic heterocycles.